The molecule has 0 saturated carbocycles. The zero-order valence-electron chi connectivity index (χ0n) is 9.95. The largest absolute Gasteiger partial charge is 0.406 e. The Morgan fingerprint density at radius 3 is 2.39 bits per heavy atom. The van der Waals surface area contributed by atoms with Gasteiger partial charge >= 0.3 is 6.18 Å². The first kappa shape index (κ1) is 14.3. The van der Waals surface area contributed by atoms with E-state index < -0.39 is 18.6 Å². The Morgan fingerprint density at radius 2 is 1.89 bits per heavy atom. The average molecular weight is 257 g/mol. The van der Waals surface area contributed by atoms with Gasteiger partial charge in [-0.05, 0) is 18.6 Å². The van der Waals surface area contributed by atoms with E-state index in [2.05, 4.69) is 0 Å². The highest BCUT2D eigenvalue weighted by molar-refractivity contribution is 5.91. The lowest BCUT2D eigenvalue weighted by molar-refractivity contribution is -0.157. The molecule has 1 rings (SSSR count). The van der Waals surface area contributed by atoms with E-state index in [4.69, 9.17) is 0 Å². The van der Waals surface area contributed by atoms with E-state index in [0.717, 1.165) is 16.5 Å². The summed E-state index contributed by atoms with van der Waals surface area (Å²) in [6, 6.07) is 8.93. The van der Waals surface area contributed by atoms with Crippen molar-refractivity contribution < 1.29 is 18.0 Å². The van der Waals surface area contributed by atoms with E-state index in [1.807, 2.05) is 6.07 Å². The molecule has 5 heteroatoms. The lowest BCUT2D eigenvalue weighted by Crippen LogP contribution is -2.37. The zero-order valence-corrected chi connectivity index (χ0v) is 9.95. The topological polar surface area (TPSA) is 20.3 Å². The molecule has 0 aliphatic heterocycles. The van der Waals surface area contributed by atoms with E-state index >= 15 is 0 Å². The molecule has 0 atom stereocenters. The predicted molar refractivity (Wildman–Crippen MR) is 63.8 cm³/mol. The molecule has 0 fully saturated rings. The third-order valence-corrected chi connectivity index (χ3v) is 2.28. The second-order valence-electron chi connectivity index (χ2n) is 3.71. The Labute approximate surface area is 104 Å². The summed E-state index contributed by atoms with van der Waals surface area (Å²) in [6.45, 7) is 0.318. The maximum absolute atomic E-state index is 12.2. The molecule has 0 aliphatic carbocycles. The van der Waals surface area contributed by atoms with Crippen molar-refractivity contribution in [1.29, 1.82) is 0 Å². The minimum absolute atomic E-state index is 0.0253. The molecule has 98 valence electrons. The normalized spacial score (nSPS) is 11.8. The standard InChI is InChI=1S/C13H14F3NO/c1-2-17(10-13(14,15)16)12(18)9-8-11-6-4-3-5-7-11/h3-9H,2,10H2,1H3/b9-8+. The number of carbonyl (C=O) groups is 1. The van der Waals surface area contributed by atoms with Crippen molar-refractivity contribution in [2.45, 2.75) is 13.1 Å². The van der Waals surface area contributed by atoms with Gasteiger partial charge in [-0.2, -0.15) is 13.2 Å². The molecule has 1 aromatic carbocycles. The van der Waals surface area contributed by atoms with Gasteiger partial charge in [-0.15, -0.1) is 0 Å². The molecule has 0 aliphatic rings. The maximum Gasteiger partial charge on any atom is 0.406 e. The number of amides is 1. The summed E-state index contributed by atoms with van der Waals surface area (Å²) < 4.78 is 36.6. The van der Waals surface area contributed by atoms with E-state index in [0.29, 0.717) is 0 Å². The third kappa shape index (κ3) is 5.03. The number of alkyl halides is 3. The summed E-state index contributed by atoms with van der Waals surface area (Å²) in [6.07, 6.45) is -1.71. The van der Waals surface area contributed by atoms with E-state index in [9.17, 15) is 18.0 Å². The van der Waals surface area contributed by atoms with Gasteiger partial charge in [0.15, 0.2) is 0 Å². The molecule has 1 amide bonds. The second kappa shape index (κ2) is 6.23. The maximum atomic E-state index is 12.2. The number of rotatable bonds is 4. The molecule has 2 nitrogen and oxygen atoms in total. The summed E-state index contributed by atoms with van der Waals surface area (Å²) >= 11 is 0. The SMILES string of the molecule is CCN(CC(F)(F)F)C(=O)/C=C/c1ccccc1. The zero-order chi connectivity index (χ0) is 13.6. The van der Waals surface area contributed by atoms with Crippen molar-refractivity contribution in [2.24, 2.45) is 0 Å². The average Bonchev–Trinajstić information content (AvgIpc) is 2.33. The van der Waals surface area contributed by atoms with Gasteiger partial charge in [0, 0.05) is 12.6 Å². The molecular weight excluding hydrogens is 243 g/mol. The highest BCUT2D eigenvalue weighted by Crippen LogP contribution is 2.16. The van der Waals surface area contributed by atoms with Gasteiger partial charge in [-0.25, -0.2) is 0 Å². The summed E-state index contributed by atoms with van der Waals surface area (Å²) in [5.74, 6) is -0.640. The summed E-state index contributed by atoms with van der Waals surface area (Å²) in [5.41, 5.74) is 0.772. The molecule has 0 saturated heterocycles. The molecule has 0 heterocycles. The van der Waals surface area contributed by atoms with Crippen LogP contribution < -0.4 is 0 Å². The van der Waals surface area contributed by atoms with Gasteiger partial charge in [-0.3, -0.25) is 4.79 Å². The number of nitrogens with zero attached hydrogens (tertiary/aromatic N) is 1. The monoisotopic (exact) mass is 257 g/mol. The van der Waals surface area contributed by atoms with Crippen LogP contribution in [0.3, 0.4) is 0 Å². The Kier molecular flexibility index (Phi) is 4.95. The Morgan fingerprint density at radius 1 is 1.28 bits per heavy atom. The number of hydrogen-bond acceptors (Lipinski definition) is 1. The van der Waals surface area contributed by atoms with E-state index in [-0.39, 0.29) is 6.54 Å². The fourth-order valence-electron chi connectivity index (χ4n) is 1.40. The van der Waals surface area contributed by atoms with Gasteiger partial charge < -0.3 is 4.90 Å². The van der Waals surface area contributed by atoms with Crippen molar-refractivity contribution in [3.05, 3.63) is 42.0 Å². The highest BCUT2D eigenvalue weighted by atomic mass is 19.4. The van der Waals surface area contributed by atoms with E-state index in [1.165, 1.54) is 13.0 Å². The molecule has 0 radical (unpaired) electrons. The molecule has 0 bridgehead atoms. The minimum Gasteiger partial charge on any atom is -0.330 e. The summed E-state index contributed by atoms with van der Waals surface area (Å²) in [7, 11) is 0. The lowest BCUT2D eigenvalue weighted by atomic mass is 10.2. The Hall–Kier alpha value is -1.78. The van der Waals surface area contributed by atoms with Gasteiger partial charge in [-0.1, -0.05) is 30.3 Å². The van der Waals surface area contributed by atoms with Crippen LogP contribution in [0.5, 0.6) is 0 Å². The van der Waals surface area contributed by atoms with E-state index in [1.54, 1.807) is 24.3 Å². The molecule has 0 unspecified atom stereocenters. The highest BCUT2D eigenvalue weighted by Gasteiger charge is 2.31. The van der Waals surface area contributed by atoms with Crippen LogP contribution in [0.4, 0.5) is 13.2 Å². The van der Waals surface area contributed by atoms with Crippen molar-refractivity contribution in [3.8, 4) is 0 Å². The first-order valence-electron chi connectivity index (χ1n) is 5.51. The summed E-state index contributed by atoms with van der Waals surface area (Å²) in [5, 5.41) is 0. The van der Waals surface area contributed by atoms with Crippen molar-refractivity contribution >= 4 is 12.0 Å². The molecular formula is C13H14F3NO. The number of hydrogen-bond donors (Lipinski definition) is 0. The summed E-state index contributed by atoms with van der Waals surface area (Å²) in [4.78, 5) is 12.3. The van der Waals surface area contributed by atoms with Gasteiger partial charge in [0.2, 0.25) is 5.91 Å². The van der Waals surface area contributed by atoms with Crippen LogP contribution in [0.25, 0.3) is 6.08 Å². The molecule has 0 aromatic heterocycles. The third-order valence-electron chi connectivity index (χ3n) is 2.28. The smallest absolute Gasteiger partial charge is 0.330 e. The van der Waals surface area contributed by atoms with Gasteiger partial charge in [0.25, 0.3) is 0 Å². The van der Waals surface area contributed by atoms with Crippen LogP contribution in [0.2, 0.25) is 0 Å². The van der Waals surface area contributed by atoms with Crippen molar-refractivity contribution in [1.82, 2.24) is 4.90 Å². The van der Waals surface area contributed by atoms with Crippen molar-refractivity contribution in [2.75, 3.05) is 13.1 Å². The number of benzene rings is 1. The number of likely N-dealkylation sites (N-methyl/N-ethyl adjacent to an activating group) is 1. The van der Waals surface area contributed by atoms with Crippen LogP contribution in [0, 0.1) is 0 Å². The first-order valence-corrected chi connectivity index (χ1v) is 5.51. The quantitative estimate of drug-likeness (QED) is 0.759. The van der Waals surface area contributed by atoms with Gasteiger partial charge in [0.05, 0.1) is 0 Å². The van der Waals surface area contributed by atoms with Crippen LogP contribution in [0.15, 0.2) is 36.4 Å². The fourth-order valence-corrected chi connectivity index (χ4v) is 1.40. The first-order chi connectivity index (χ1) is 8.42. The van der Waals surface area contributed by atoms with Gasteiger partial charge in [0.1, 0.15) is 6.54 Å². The Bertz CT molecular complexity index is 412. The fraction of sp³-hybridized carbons (Fsp3) is 0.308. The van der Waals surface area contributed by atoms with Crippen LogP contribution in [0.1, 0.15) is 12.5 Å². The molecule has 0 spiro atoms. The number of halogens is 3. The minimum atomic E-state index is -4.37. The van der Waals surface area contributed by atoms with Crippen LogP contribution in [-0.4, -0.2) is 30.1 Å². The molecule has 1 aromatic rings. The second-order valence-corrected chi connectivity index (χ2v) is 3.71. The molecule has 0 N–H and O–H groups in total. The lowest BCUT2D eigenvalue weighted by Gasteiger charge is -2.20. The van der Waals surface area contributed by atoms with Crippen LogP contribution >= 0.6 is 0 Å². The molecule has 18 heavy (non-hydrogen) atoms. The number of carbonyl (C=O) groups excluding carboxylic acids is 1. The Balaban J connectivity index is 2.66. The van der Waals surface area contributed by atoms with Crippen molar-refractivity contribution in [3.63, 3.8) is 0 Å². The van der Waals surface area contributed by atoms with Crippen LogP contribution in [-0.2, 0) is 4.79 Å². The predicted octanol–water partition coefficient (Wildman–Crippen LogP) is 3.11.